The number of pyridine rings is 1. The Morgan fingerprint density at radius 3 is 2.81 bits per heavy atom. The lowest BCUT2D eigenvalue weighted by Gasteiger charge is -2.28. The summed E-state index contributed by atoms with van der Waals surface area (Å²) in [5.74, 6) is 2.36. The van der Waals surface area contributed by atoms with Gasteiger partial charge in [0.2, 0.25) is 0 Å². The molecule has 2 amide bonds. The minimum atomic E-state index is -0.281. The van der Waals surface area contributed by atoms with Gasteiger partial charge in [-0.15, -0.1) is 9.24 Å². The molecule has 1 aromatic heterocycles. The third-order valence-electron chi connectivity index (χ3n) is 4.76. The molecule has 0 bridgehead atoms. The fraction of sp³-hybridized carbons (Fsp3) is 0.316. The molecular formula is C19H23BN5OP. The van der Waals surface area contributed by atoms with Crippen LogP contribution in [0.3, 0.4) is 0 Å². The Balaban J connectivity index is 1.62. The van der Waals surface area contributed by atoms with Crippen LogP contribution < -0.4 is 15.9 Å². The number of nitriles is 1. The van der Waals surface area contributed by atoms with Crippen LogP contribution in [0.15, 0.2) is 36.5 Å². The highest BCUT2D eigenvalue weighted by Gasteiger charge is 2.22. The number of hydrogen-bond acceptors (Lipinski definition) is 4. The van der Waals surface area contributed by atoms with Gasteiger partial charge in [0, 0.05) is 35.8 Å². The fourth-order valence-corrected chi connectivity index (χ4v) is 3.58. The summed E-state index contributed by atoms with van der Waals surface area (Å²) in [6.45, 7) is 4.75. The highest BCUT2D eigenvalue weighted by molar-refractivity contribution is 7.28. The molecule has 1 unspecified atom stereocenters. The van der Waals surface area contributed by atoms with Crippen molar-refractivity contribution in [1.82, 2.24) is 9.88 Å². The van der Waals surface area contributed by atoms with Crippen LogP contribution in [-0.4, -0.2) is 35.7 Å². The van der Waals surface area contributed by atoms with Crippen LogP contribution in [0.4, 0.5) is 16.2 Å². The number of aromatic nitrogens is 1. The average Bonchev–Trinajstić information content (AvgIpc) is 2.65. The molecule has 0 aliphatic carbocycles. The Hall–Kier alpha value is -2.42. The highest BCUT2D eigenvalue weighted by Crippen LogP contribution is 2.18. The van der Waals surface area contributed by atoms with E-state index in [2.05, 4.69) is 41.8 Å². The summed E-state index contributed by atoms with van der Waals surface area (Å²) in [4.78, 5) is 18.8. The number of benzene rings is 1. The number of rotatable bonds is 4. The second-order valence-corrected chi connectivity index (χ2v) is 7.40. The third kappa shape index (κ3) is 5.29. The molecule has 1 saturated heterocycles. The molecule has 27 heavy (non-hydrogen) atoms. The molecule has 2 aromatic rings. The zero-order valence-corrected chi connectivity index (χ0v) is 16.6. The third-order valence-corrected chi connectivity index (χ3v) is 5.45. The lowest BCUT2D eigenvalue weighted by molar-refractivity contribution is 0.262. The number of carbonyl (C=O) groups excluding carboxylic acids is 1. The van der Waals surface area contributed by atoms with Gasteiger partial charge in [-0.1, -0.05) is 12.1 Å². The van der Waals surface area contributed by atoms with Gasteiger partial charge in [0.15, 0.2) is 0 Å². The second-order valence-electron chi connectivity index (χ2n) is 6.82. The van der Waals surface area contributed by atoms with Crippen molar-refractivity contribution in [2.75, 3.05) is 23.7 Å². The summed E-state index contributed by atoms with van der Waals surface area (Å²) in [5.41, 5.74) is 3.49. The van der Waals surface area contributed by atoms with Crippen LogP contribution in [0, 0.1) is 18.2 Å². The molecule has 1 atom stereocenters. The lowest BCUT2D eigenvalue weighted by Crippen LogP contribution is -2.36. The maximum absolute atomic E-state index is 12.3. The van der Waals surface area contributed by atoms with Gasteiger partial charge in [0.25, 0.3) is 6.71 Å². The number of amides is 2. The summed E-state index contributed by atoms with van der Waals surface area (Å²) in [7, 11) is 2.74. The minimum Gasteiger partial charge on any atom is -0.308 e. The molecule has 1 aliphatic heterocycles. The first-order chi connectivity index (χ1) is 13.0. The van der Waals surface area contributed by atoms with E-state index >= 15 is 0 Å². The van der Waals surface area contributed by atoms with Crippen molar-refractivity contribution >= 4 is 38.7 Å². The van der Waals surface area contributed by atoms with Crippen LogP contribution >= 0.6 is 9.24 Å². The van der Waals surface area contributed by atoms with Crippen LogP contribution in [0.1, 0.15) is 11.3 Å². The van der Waals surface area contributed by atoms with Crippen molar-refractivity contribution < 1.29 is 4.79 Å². The molecule has 1 fully saturated rings. The first kappa shape index (κ1) is 19.3. The van der Waals surface area contributed by atoms with Gasteiger partial charge in [-0.3, -0.25) is 4.98 Å². The van der Waals surface area contributed by atoms with Crippen molar-refractivity contribution in [1.29, 1.82) is 5.26 Å². The van der Waals surface area contributed by atoms with Crippen molar-refractivity contribution in [2.45, 2.75) is 26.1 Å². The summed E-state index contributed by atoms with van der Waals surface area (Å²) < 4.78 is 0. The summed E-state index contributed by atoms with van der Waals surface area (Å²) in [6.07, 6.45) is 3.52. The molecule has 138 valence electrons. The van der Waals surface area contributed by atoms with Crippen LogP contribution in [-0.2, 0) is 6.54 Å². The van der Waals surface area contributed by atoms with E-state index < -0.39 is 0 Å². The fourth-order valence-electron chi connectivity index (χ4n) is 3.23. The zero-order valence-electron chi connectivity index (χ0n) is 15.4. The maximum atomic E-state index is 12.3. The molecule has 2 heterocycles. The van der Waals surface area contributed by atoms with Crippen molar-refractivity contribution in [3.8, 4) is 5.97 Å². The van der Waals surface area contributed by atoms with E-state index in [0.717, 1.165) is 54.5 Å². The van der Waals surface area contributed by atoms with E-state index in [1.54, 1.807) is 12.3 Å². The molecule has 0 spiro atoms. The molecule has 1 aliphatic rings. The van der Waals surface area contributed by atoms with E-state index in [1.165, 1.54) is 0 Å². The smallest absolute Gasteiger partial charge is 0.308 e. The Labute approximate surface area is 162 Å². The molecule has 3 rings (SSSR count). The predicted molar refractivity (Wildman–Crippen MR) is 114 cm³/mol. The Morgan fingerprint density at radius 2 is 2.11 bits per heavy atom. The number of nitrogens with one attached hydrogen (secondary N) is 2. The van der Waals surface area contributed by atoms with Gasteiger partial charge in [-0.25, -0.2) is 10.1 Å². The Kier molecular flexibility index (Phi) is 6.44. The molecule has 1 aromatic carbocycles. The first-order valence-electron chi connectivity index (χ1n) is 9.05. The predicted octanol–water partition coefficient (Wildman–Crippen LogP) is 2.91. The molecular weight excluding hydrogens is 356 g/mol. The van der Waals surface area contributed by atoms with E-state index in [0.29, 0.717) is 5.69 Å². The molecule has 0 radical (unpaired) electrons. The number of hydrogen-bond donors (Lipinski definition) is 2. The topological polar surface area (TPSA) is 81.0 Å². The normalized spacial score (nSPS) is 14.5. The van der Waals surface area contributed by atoms with Crippen LogP contribution in [0.2, 0.25) is 12.6 Å². The van der Waals surface area contributed by atoms with Crippen molar-refractivity contribution in [3.05, 3.63) is 47.8 Å². The summed E-state index contributed by atoms with van der Waals surface area (Å²) >= 11 is 0. The Morgan fingerprint density at radius 1 is 1.33 bits per heavy atom. The SMILES string of the molecule is Cc1cc(NC(=O)Nc2cccc(CN3CCB(C#N)CC3)c2P)ccn1. The minimum absolute atomic E-state index is 0.185. The van der Waals surface area contributed by atoms with Crippen molar-refractivity contribution in [2.24, 2.45) is 0 Å². The van der Waals surface area contributed by atoms with Gasteiger partial charge < -0.3 is 15.5 Å². The number of urea groups is 1. The lowest BCUT2D eigenvalue weighted by atomic mass is 9.45. The van der Waals surface area contributed by atoms with Gasteiger partial charge in [0.1, 0.15) is 0 Å². The summed E-state index contributed by atoms with van der Waals surface area (Å²) in [6, 6.07) is 9.23. The number of nitrogens with zero attached hydrogens (tertiary/aromatic N) is 3. The number of anilines is 2. The van der Waals surface area contributed by atoms with E-state index in [-0.39, 0.29) is 12.7 Å². The summed E-state index contributed by atoms with van der Waals surface area (Å²) in [5, 5.41) is 15.8. The highest BCUT2D eigenvalue weighted by atomic mass is 31.0. The second kappa shape index (κ2) is 8.99. The van der Waals surface area contributed by atoms with Crippen LogP contribution in [0.25, 0.3) is 0 Å². The quantitative estimate of drug-likeness (QED) is 0.632. The average molecular weight is 379 g/mol. The van der Waals surface area contributed by atoms with E-state index in [9.17, 15) is 4.79 Å². The molecule has 8 heteroatoms. The molecule has 2 N–H and O–H groups in total. The zero-order chi connectivity index (χ0) is 19.2. The Bertz CT molecular complexity index is 861. The molecule has 6 nitrogen and oxygen atoms in total. The van der Waals surface area contributed by atoms with Gasteiger partial charge in [-0.05, 0) is 61.7 Å². The van der Waals surface area contributed by atoms with Gasteiger partial charge >= 0.3 is 6.03 Å². The van der Waals surface area contributed by atoms with Gasteiger partial charge in [-0.2, -0.15) is 0 Å². The van der Waals surface area contributed by atoms with E-state index in [1.807, 2.05) is 25.1 Å². The monoisotopic (exact) mass is 379 g/mol. The maximum Gasteiger partial charge on any atom is 0.323 e. The number of aryl methyl sites for hydroxylation is 1. The first-order valence-corrected chi connectivity index (χ1v) is 9.63. The number of carbonyl (C=O) groups is 1. The van der Waals surface area contributed by atoms with Crippen molar-refractivity contribution in [3.63, 3.8) is 0 Å². The van der Waals surface area contributed by atoms with Gasteiger partial charge in [0.05, 0.1) is 0 Å². The molecule has 0 saturated carbocycles. The van der Waals surface area contributed by atoms with Crippen LogP contribution in [0.5, 0.6) is 0 Å². The standard InChI is InChI=1S/C19H23BN5OP/c1-14-11-16(5-8-22-14)23-19(26)24-17-4-2-3-15(18(17)27)12-25-9-6-20(13-21)7-10-25/h2-5,8,11H,6-7,9-10,12,27H2,1H3,(H2,22,23,24,26). The van der Waals surface area contributed by atoms with E-state index in [4.69, 9.17) is 5.26 Å². The largest absolute Gasteiger partial charge is 0.323 e.